The lowest BCUT2D eigenvalue weighted by Crippen LogP contribution is -2.98. The van der Waals surface area contributed by atoms with E-state index in [4.69, 9.17) is 4.42 Å². The summed E-state index contributed by atoms with van der Waals surface area (Å²) in [7, 11) is 0. The Hall–Kier alpha value is -1.54. The Bertz CT molecular complexity index is 758. The van der Waals surface area contributed by atoms with Crippen molar-refractivity contribution >= 4 is 0 Å². The minimum absolute atomic E-state index is 0.461. The third-order valence-electron chi connectivity index (χ3n) is 7.13. The molecule has 0 spiro atoms. The second-order valence-electron chi connectivity index (χ2n) is 10.0. The van der Waals surface area contributed by atoms with Gasteiger partial charge in [0.2, 0.25) is 0 Å². The number of nitrogens with two attached hydrogens (primary N) is 1. The molecule has 4 saturated carbocycles. The number of hydrogen-bond acceptors (Lipinski definition) is 1. The first-order valence-corrected chi connectivity index (χ1v) is 9.94. The lowest BCUT2D eigenvalue weighted by molar-refractivity contribution is -0.757. The van der Waals surface area contributed by atoms with Crippen LogP contribution in [-0.4, -0.2) is 5.54 Å². The quantitative estimate of drug-likeness (QED) is 0.857. The van der Waals surface area contributed by atoms with Gasteiger partial charge >= 0.3 is 0 Å². The van der Waals surface area contributed by atoms with E-state index >= 15 is 0 Å². The summed E-state index contributed by atoms with van der Waals surface area (Å²) in [6.45, 7) is 6.09. The van der Waals surface area contributed by atoms with E-state index in [1.165, 1.54) is 44.1 Å². The molecule has 4 aliphatic carbocycles. The highest BCUT2D eigenvalue weighted by Gasteiger charge is 2.62. The molecule has 2 heteroatoms. The lowest BCUT2D eigenvalue weighted by atomic mass is 9.43. The Kier molecular flexibility index (Phi) is 3.29. The molecule has 2 nitrogen and oxygen atoms in total. The van der Waals surface area contributed by atoms with E-state index in [1.54, 1.807) is 0 Å². The molecule has 2 unspecified atom stereocenters. The first kappa shape index (κ1) is 15.7. The number of rotatable bonds is 4. The van der Waals surface area contributed by atoms with Gasteiger partial charge in [-0.1, -0.05) is 44.2 Å². The van der Waals surface area contributed by atoms with Gasteiger partial charge in [0, 0.05) is 24.8 Å². The molecule has 1 heterocycles. The highest BCUT2D eigenvalue weighted by Crippen LogP contribution is 2.65. The fourth-order valence-electron chi connectivity index (χ4n) is 7.33. The van der Waals surface area contributed by atoms with Crippen molar-refractivity contribution < 1.29 is 9.73 Å². The van der Waals surface area contributed by atoms with Crippen molar-refractivity contribution in [2.75, 3.05) is 0 Å². The Labute approximate surface area is 151 Å². The van der Waals surface area contributed by atoms with Crippen LogP contribution in [0.1, 0.15) is 58.1 Å². The Morgan fingerprint density at radius 1 is 0.920 bits per heavy atom. The van der Waals surface area contributed by atoms with Crippen molar-refractivity contribution in [3.05, 3.63) is 48.2 Å². The van der Waals surface area contributed by atoms with Crippen LogP contribution in [0.3, 0.4) is 0 Å². The normalized spacial score (nSPS) is 39.0. The van der Waals surface area contributed by atoms with Crippen LogP contribution in [0.25, 0.3) is 11.3 Å². The molecular formula is C23H30NO+. The summed E-state index contributed by atoms with van der Waals surface area (Å²) >= 11 is 0. The smallest absolute Gasteiger partial charge is 0.158 e. The van der Waals surface area contributed by atoms with Crippen LogP contribution in [0.15, 0.2) is 46.9 Å². The zero-order valence-electron chi connectivity index (χ0n) is 15.6. The maximum Gasteiger partial charge on any atom is 0.158 e. The highest BCUT2D eigenvalue weighted by molar-refractivity contribution is 5.57. The molecule has 0 saturated heterocycles. The summed E-state index contributed by atoms with van der Waals surface area (Å²) in [4.78, 5) is 0. The van der Waals surface area contributed by atoms with E-state index in [1.807, 2.05) is 0 Å². The first-order chi connectivity index (χ1) is 12.0. The molecule has 0 aliphatic heterocycles. The van der Waals surface area contributed by atoms with Gasteiger partial charge in [-0.05, 0) is 48.1 Å². The van der Waals surface area contributed by atoms with Crippen molar-refractivity contribution in [1.29, 1.82) is 0 Å². The van der Waals surface area contributed by atoms with E-state index in [9.17, 15) is 0 Å². The topological polar surface area (TPSA) is 29.8 Å². The molecule has 4 bridgehead atoms. The Morgan fingerprint density at radius 3 is 2.32 bits per heavy atom. The number of quaternary nitrogens is 1. The second kappa shape index (κ2) is 5.23. The molecular weight excluding hydrogens is 306 g/mol. The zero-order valence-corrected chi connectivity index (χ0v) is 15.6. The summed E-state index contributed by atoms with van der Waals surface area (Å²) in [5, 5.41) is 2.64. The summed E-state index contributed by atoms with van der Waals surface area (Å²) in [6, 6.07) is 14.7. The molecule has 1 aromatic carbocycles. The van der Waals surface area contributed by atoms with Gasteiger partial charge in [0.25, 0.3) is 0 Å². The van der Waals surface area contributed by atoms with Crippen LogP contribution in [0.2, 0.25) is 0 Å². The van der Waals surface area contributed by atoms with Gasteiger partial charge in [-0.2, -0.15) is 0 Å². The molecule has 25 heavy (non-hydrogen) atoms. The van der Waals surface area contributed by atoms with E-state index in [2.05, 4.69) is 61.6 Å². The minimum atomic E-state index is 0.461. The SMILES string of the molecule is C[C@]12CC3CC([NH2+]Cc4ccc(-c5ccccc5)o4)(C1)C[C@@](C)(C3)C2. The fraction of sp³-hybridized carbons (Fsp3) is 0.565. The van der Waals surface area contributed by atoms with Gasteiger partial charge < -0.3 is 9.73 Å². The highest BCUT2D eigenvalue weighted by atomic mass is 16.3. The van der Waals surface area contributed by atoms with E-state index < -0.39 is 0 Å². The standard InChI is InChI=1S/C23H29NO/c1-21-10-17-11-22(2,14-21)16-23(12-17,15-21)24-13-19-8-9-20(25-19)18-6-4-3-5-7-18/h3-9,17,24H,10-16H2,1-2H3/p+1/t17?,21-,22+,23?. The van der Waals surface area contributed by atoms with Gasteiger partial charge in [0.1, 0.15) is 12.3 Å². The summed E-state index contributed by atoms with van der Waals surface area (Å²) < 4.78 is 6.15. The van der Waals surface area contributed by atoms with Gasteiger partial charge in [-0.3, -0.25) is 0 Å². The van der Waals surface area contributed by atoms with Crippen LogP contribution in [0.4, 0.5) is 0 Å². The van der Waals surface area contributed by atoms with Crippen LogP contribution in [0, 0.1) is 16.7 Å². The number of benzene rings is 1. The maximum atomic E-state index is 6.15. The van der Waals surface area contributed by atoms with E-state index in [0.717, 1.165) is 24.0 Å². The molecule has 132 valence electrons. The molecule has 2 N–H and O–H groups in total. The third-order valence-corrected chi connectivity index (χ3v) is 7.13. The minimum Gasteiger partial charge on any atom is -0.455 e. The monoisotopic (exact) mass is 336 g/mol. The van der Waals surface area contributed by atoms with Crippen LogP contribution in [-0.2, 0) is 6.54 Å². The van der Waals surface area contributed by atoms with Crippen LogP contribution >= 0.6 is 0 Å². The number of furan rings is 1. The first-order valence-electron chi connectivity index (χ1n) is 9.94. The third kappa shape index (κ3) is 2.75. The Morgan fingerprint density at radius 2 is 1.64 bits per heavy atom. The lowest BCUT2D eigenvalue weighted by Gasteiger charge is -2.63. The van der Waals surface area contributed by atoms with E-state index in [0.29, 0.717) is 16.4 Å². The van der Waals surface area contributed by atoms with Crippen molar-refractivity contribution in [3.63, 3.8) is 0 Å². The predicted octanol–water partition coefficient (Wildman–Crippen LogP) is 4.76. The molecule has 6 rings (SSSR count). The second-order valence-corrected chi connectivity index (χ2v) is 10.0. The van der Waals surface area contributed by atoms with E-state index in [-0.39, 0.29) is 0 Å². The molecule has 4 aliphatic rings. The van der Waals surface area contributed by atoms with Crippen LogP contribution < -0.4 is 5.32 Å². The van der Waals surface area contributed by atoms with Crippen molar-refractivity contribution in [3.8, 4) is 11.3 Å². The average Bonchev–Trinajstić information content (AvgIpc) is 2.99. The van der Waals surface area contributed by atoms with Crippen LogP contribution in [0.5, 0.6) is 0 Å². The van der Waals surface area contributed by atoms with Crippen molar-refractivity contribution in [2.24, 2.45) is 16.7 Å². The van der Waals surface area contributed by atoms with Gasteiger partial charge in [-0.15, -0.1) is 0 Å². The van der Waals surface area contributed by atoms with Crippen molar-refractivity contribution in [2.45, 2.75) is 64.5 Å². The summed E-state index contributed by atoms with van der Waals surface area (Å²) in [5.74, 6) is 3.07. The summed E-state index contributed by atoms with van der Waals surface area (Å²) in [5.41, 5.74) is 2.80. The molecule has 0 radical (unpaired) electrons. The van der Waals surface area contributed by atoms with Crippen molar-refractivity contribution in [1.82, 2.24) is 0 Å². The van der Waals surface area contributed by atoms with Gasteiger partial charge in [-0.25, -0.2) is 0 Å². The predicted molar refractivity (Wildman–Crippen MR) is 99.9 cm³/mol. The average molecular weight is 336 g/mol. The molecule has 4 atom stereocenters. The molecule has 1 aromatic heterocycles. The Balaban J connectivity index is 1.33. The molecule has 2 aromatic rings. The maximum absolute atomic E-state index is 6.15. The van der Waals surface area contributed by atoms with Gasteiger partial charge in [0.15, 0.2) is 5.76 Å². The number of hydrogen-bond donors (Lipinski definition) is 1. The summed E-state index contributed by atoms with van der Waals surface area (Å²) in [6.07, 6.45) is 8.61. The van der Waals surface area contributed by atoms with Gasteiger partial charge in [0.05, 0.1) is 5.54 Å². The fourth-order valence-corrected chi connectivity index (χ4v) is 7.33. The largest absolute Gasteiger partial charge is 0.455 e. The zero-order chi connectivity index (χ0) is 17.1. The molecule has 0 amide bonds. The molecule has 4 fully saturated rings.